The second-order valence-electron chi connectivity index (χ2n) is 5.42. The summed E-state index contributed by atoms with van der Waals surface area (Å²) in [7, 11) is 0. The maximum absolute atomic E-state index is 9.74. The van der Waals surface area contributed by atoms with E-state index in [1.54, 1.807) is 0 Å². The van der Waals surface area contributed by atoms with Crippen LogP contribution in [0.25, 0.3) is 0 Å². The Hall–Kier alpha value is -0.0800. The van der Waals surface area contributed by atoms with Crippen LogP contribution in [0.4, 0.5) is 0 Å². The van der Waals surface area contributed by atoms with Crippen LogP contribution in [-0.4, -0.2) is 23.4 Å². The number of hydrogen-bond acceptors (Lipinski definition) is 2. The zero-order chi connectivity index (χ0) is 10.7. The van der Waals surface area contributed by atoms with Crippen LogP contribution in [0.5, 0.6) is 0 Å². The molecule has 15 heavy (non-hydrogen) atoms. The predicted molar refractivity (Wildman–Crippen MR) is 60.8 cm³/mol. The van der Waals surface area contributed by atoms with Crippen LogP contribution in [0.15, 0.2) is 0 Å². The molecule has 2 aliphatic rings. The van der Waals surface area contributed by atoms with Crippen molar-refractivity contribution in [2.75, 3.05) is 0 Å². The van der Waals surface area contributed by atoms with Crippen molar-refractivity contribution in [3.63, 3.8) is 0 Å². The van der Waals surface area contributed by atoms with Crippen LogP contribution in [0.1, 0.15) is 58.3 Å². The van der Waals surface area contributed by atoms with Gasteiger partial charge in [0.05, 0.1) is 18.3 Å². The van der Waals surface area contributed by atoms with Gasteiger partial charge in [-0.15, -0.1) is 0 Å². The Morgan fingerprint density at radius 3 is 2.67 bits per heavy atom. The van der Waals surface area contributed by atoms with Crippen molar-refractivity contribution in [3.8, 4) is 0 Å². The largest absolute Gasteiger partial charge is 0.393 e. The Labute approximate surface area is 93.0 Å². The van der Waals surface area contributed by atoms with Gasteiger partial charge in [-0.2, -0.15) is 0 Å². The first kappa shape index (κ1) is 11.4. The zero-order valence-corrected chi connectivity index (χ0v) is 9.82. The molecule has 0 amide bonds. The molecule has 2 nitrogen and oxygen atoms in total. The van der Waals surface area contributed by atoms with E-state index >= 15 is 0 Å². The van der Waals surface area contributed by atoms with E-state index in [2.05, 4.69) is 6.92 Å². The second kappa shape index (κ2) is 5.31. The smallest absolute Gasteiger partial charge is 0.0582 e. The molecule has 1 N–H and O–H groups in total. The van der Waals surface area contributed by atoms with Gasteiger partial charge in [-0.05, 0) is 44.9 Å². The summed E-state index contributed by atoms with van der Waals surface area (Å²) in [5.41, 5.74) is 0. The molecule has 1 heterocycles. The number of hydrogen-bond donors (Lipinski definition) is 1. The summed E-state index contributed by atoms with van der Waals surface area (Å²) >= 11 is 0. The van der Waals surface area contributed by atoms with Crippen molar-refractivity contribution in [2.45, 2.75) is 76.6 Å². The SMILES string of the molecule is CC1CCC(CC2CCCCC(O)C2)O1. The van der Waals surface area contributed by atoms with Crippen molar-refractivity contribution in [3.05, 3.63) is 0 Å². The van der Waals surface area contributed by atoms with Crippen molar-refractivity contribution < 1.29 is 9.84 Å². The van der Waals surface area contributed by atoms with Gasteiger partial charge in [0, 0.05) is 0 Å². The van der Waals surface area contributed by atoms with E-state index in [9.17, 15) is 5.11 Å². The Bertz CT molecular complexity index is 193. The fourth-order valence-corrected chi connectivity index (χ4v) is 3.08. The third-order valence-electron chi connectivity index (χ3n) is 3.92. The van der Waals surface area contributed by atoms with Crippen LogP contribution in [0.3, 0.4) is 0 Å². The van der Waals surface area contributed by atoms with Gasteiger partial charge >= 0.3 is 0 Å². The van der Waals surface area contributed by atoms with E-state index in [1.165, 1.54) is 38.5 Å². The van der Waals surface area contributed by atoms with Crippen molar-refractivity contribution >= 4 is 0 Å². The Kier molecular flexibility index (Phi) is 4.04. The minimum Gasteiger partial charge on any atom is -0.393 e. The lowest BCUT2D eigenvalue weighted by molar-refractivity contribution is 0.0342. The van der Waals surface area contributed by atoms with E-state index in [0.29, 0.717) is 18.1 Å². The Morgan fingerprint density at radius 2 is 1.93 bits per heavy atom. The highest BCUT2D eigenvalue weighted by molar-refractivity contribution is 4.77. The summed E-state index contributed by atoms with van der Waals surface area (Å²) < 4.78 is 5.86. The molecule has 4 atom stereocenters. The molecule has 88 valence electrons. The lowest BCUT2D eigenvalue weighted by Gasteiger charge is -2.20. The first-order chi connectivity index (χ1) is 7.24. The molecular weight excluding hydrogens is 188 g/mol. The summed E-state index contributed by atoms with van der Waals surface area (Å²) in [6.07, 6.45) is 10.4. The molecule has 0 bridgehead atoms. The highest BCUT2D eigenvalue weighted by Gasteiger charge is 2.26. The molecule has 1 saturated heterocycles. The summed E-state index contributed by atoms with van der Waals surface area (Å²) in [5, 5.41) is 9.74. The predicted octanol–water partition coefficient (Wildman–Crippen LogP) is 2.89. The van der Waals surface area contributed by atoms with Crippen molar-refractivity contribution in [1.29, 1.82) is 0 Å². The Morgan fingerprint density at radius 1 is 1.13 bits per heavy atom. The molecular formula is C13H24O2. The van der Waals surface area contributed by atoms with Crippen LogP contribution in [0.2, 0.25) is 0 Å². The quantitative estimate of drug-likeness (QED) is 0.713. The molecule has 2 heteroatoms. The number of rotatable bonds is 2. The summed E-state index contributed by atoms with van der Waals surface area (Å²) in [5.74, 6) is 0.706. The van der Waals surface area contributed by atoms with E-state index < -0.39 is 0 Å². The van der Waals surface area contributed by atoms with Crippen molar-refractivity contribution in [1.82, 2.24) is 0 Å². The molecule has 4 unspecified atom stereocenters. The molecule has 1 aliphatic heterocycles. The third kappa shape index (κ3) is 3.46. The van der Waals surface area contributed by atoms with Crippen LogP contribution in [0, 0.1) is 5.92 Å². The Balaban J connectivity index is 1.77. The number of ether oxygens (including phenoxy) is 1. The van der Waals surface area contributed by atoms with Gasteiger partial charge in [0.1, 0.15) is 0 Å². The first-order valence-corrected chi connectivity index (χ1v) is 6.57. The first-order valence-electron chi connectivity index (χ1n) is 6.57. The maximum Gasteiger partial charge on any atom is 0.0582 e. The second-order valence-corrected chi connectivity index (χ2v) is 5.42. The van der Waals surface area contributed by atoms with E-state index in [0.717, 1.165) is 12.8 Å². The molecule has 0 spiro atoms. The molecule has 0 aromatic rings. The lowest BCUT2D eigenvalue weighted by Crippen LogP contribution is -2.17. The third-order valence-corrected chi connectivity index (χ3v) is 3.92. The van der Waals surface area contributed by atoms with E-state index in [-0.39, 0.29) is 6.10 Å². The van der Waals surface area contributed by atoms with Crippen LogP contribution in [-0.2, 0) is 4.74 Å². The minimum atomic E-state index is -0.0451. The van der Waals surface area contributed by atoms with Gasteiger partial charge in [-0.3, -0.25) is 0 Å². The fraction of sp³-hybridized carbons (Fsp3) is 1.00. The van der Waals surface area contributed by atoms with Crippen molar-refractivity contribution in [2.24, 2.45) is 5.92 Å². The average Bonchev–Trinajstić information content (AvgIpc) is 2.46. The van der Waals surface area contributed by atoms with Gasteiger partial charge in [-0.25, -0.2) is 0 Å². The topological polar surface area (TPSA) is 29.5 Å². The number of aliphatic hydroxyl groups is 1. The zero-order valence-electron chi connectivity index (χ0n) is 9.82. The van der Waals surface area contributed by atoms with Gasteiger partial charge in [0.25, 0.3) is 0 Å². The van der Waals surface area contributed by atoms with Gasteiger partial charge < -0.3 is 9.84 Å². The van der Waals surface area contributed by atoms with Gasteiger partial charge in [-0.1, -0.05) is 19.3 Å². The molecule has 1 saturated carbocycles. The van der Waals surface area contributed by atoms with Crippen LogP contribution >= 0.6 is 0 Å². The molecule has 0 aromatic carbocycles. The van der Waals surface area contributed by atoms with Gasteiger partial charge in [0.15, 0.2) is 0 Å². The summed E-state index contributed by atoms with van der Waals surface area (Å²) in [6, 6.07) is 0. The monoisotopic (exact) mass is 212 g/mol. The standard InChI is InChI=1S/C13H24O2/c1-10-6-7-13(15-10)9-11-4-2-3-5-12(14)8-11/h10-14H,2-9H2,1H3. The summed E-state index contributed by atoms with van der Waals surface area (Å²) in [6.45, 7) is 2.17. The van der Waals surface area contributed by atoms with E-state index in [4.69, 9.17) is 4.74 Å². The number of aliphatic hydroxyl groups excluding tert-OH is 1. The molecule has 0 aromatic heterocycles. The van der Waals surface area contributed by atoms with Gasteiger partial charge in [0.2, 0.25) is 0 Å². The summed E-state index contributed by atoms with van der Waals surface area (Å²) in [4.78, 5) is 0. The average molecular weight is 212 g/mol. The normalized spacial score (nSPS) is 42.8. The highest BCUT2D eigenvalue weighted by atomic mass is 16.5. The van der Waals surface area contributed by atoms with E-state index in [1.807, 2.05) is 0 Å². The molecule has 1 aliphatic carbocycles. The minimum absolute atomic E-state index is 0.0451. The fourth-order valence-electron chi connectivity index (χ4n) is 3.08. The molecule has 2 fully saturated rings. The molecule has 2 rings (SSSR count). The lowest BCUT2D eigenvalue weighted by atomic mass is 9.92. The highest BCUT2D eigenvalue weighted by Crippen LogP contribution is 2.31. The molecule has 0 radical (unpaired) electrons. The maximum atomic E-state index is 9.74. The van der Waals surface area contributed by atoms with Crippen LogP contribution < -0.4 is 0 Å².